The van der Waals surface area contributed by atoms with Crippen molar-refractivity contribution in [3.05, 3.63) is 51.0 Å². The van der Waals surface area contributed by atoms with Gasteiger partial charge in [-0.15, -0.1) is 0 Å². The average Bonchev–Trinajstić information content (AvgIpc) is 2.97. The van der Waals surface area contributed by atoms with Crippen molar-refractivity contribution < 1.29 is 19.5 Å². The summed E-state index contributed by atoms with van der Waals surface area (Å²) in [7, 11) is 0. The van der Waals surface area contributed by atoms with E-state index in [-0.39, 0.29) is 33.0 Å². The van der Waals surface area contributed by atoms with Crippen LogP contribution >= 0.6 is 11.6 Å². The molecule has 1 heterocycles. The molecule has 0 spiro atoms. The summed E-state index contributed by atoms with van der Waals surface area (Å²) in [6.45, 7) is 0. The van der Waals surface area contributed by atoms with Crippen molar-refractivity contribution in [2.24, 2.45) is 0 Å². The fourth-order valence-corrected chi connectivity index (χ4v) is 2.32. The number of hydrogen-bond acceptors (Lipinski definition) is 8. The number of carboxylic acid groups (broad SMARTS) is 1. The van der Waals surface area contributed by atoms with Crippen LogP contribution in [0.2, 0.25) is 5.02 Å². The van der Waals surface area contributed by atoms with Crippen molar-refractivity contribution in [1.29, 1.82) is 0 Å². The second-order valence-corrected chi connectivity index (χ2v) is 4.84. The molecule has 1 aromatic heterocycles. The minimum absolute atomic E-state index is 0.0390. The molecule has 116 valence electrons. The topological polar surface area (TPSA) is 134 Å². The summed E-state index contributed by atoms with van der Waals surface area (Å²) in [5.41, 5.74) is -0.623. The first-order chi connectivity index (χ1) is 11.0. The molecule has 9 nitrogen and oxygen atoms in total. The second-order valence-electron chi connectivity index (χ2n) is 4.43. The highest BCUT2D eigenvalue weighted by molar-refractivity contribution is 6.35. The minimum atomic E-state index is -1.42. The fraction of sp³-hybridized carbons (Fsp3) is 0. The number of halogens is 1. The van der Waals surface area contributed by atoms with Crippen molar-refractivity contribution in [3.8, 4) is 0 Å². The van der Waals surface area contributed by atoms with Crippen molar-refractivity contribution in [2.45, 2.75) is 0 Å². The van der Waals surface area contributed by atoms with E-state index in [1.54, 1.807) is 6.07 Å². The first-order valence-electron chi connectivity index (χ1n) is 6.15. The van der Waals surface area contributed by atoms with E-state index in [9.17, 15) is 20.0 Å². The molecule has 1 N–H and O–H groups in total. The molecule has 10 heteroatoms. The number of nitrogens with zero attached hydrogens (tertiary/aromatic N) is 3. The first kappa shape index (κ1) is 14.7. The largest absolute Gasteiger partial charge is 0.545 e. The Morgan fingerprint density at radius 1 is 1.22 bits per heavy atom. The second kappa shape index (κ2) is 5.54. The van der Waals surface area contributed by atoms with E-state index in [4.69, 9.17) is 11.6 Å². The molecule has 3 aromatic rings. The van der Waals surface area contributed by atoms with Crippen LogP contribution in [0.5, 0.6) is 0 Å². The zero-order valence-electron chi connectivity index (χ0n) is 11.1. The van der Waals surface area contributed by atoms with Crippen molar-refractivity contribution in [1.82, 2.24) is 10.3 Å². The van der Waals surface area contributed by atoms with Crippen LogP contribution in [0.15, 0.2) is 35.0 Å². The summed E-state index contributed by atoms with van der Waals surface area (Å²) >= 11 is 6.00. The zero-order valence-corrected chi connectivity index (χ0v) is 11.9. The van der Waals surface area contributed by atoms with Gasteiger partial charge in [-0.1, -0.05) is 29.8 Å². The standard InChI is InChI=1S/C13H7ClN4O5/c14-7-5-9(12(18(21)22)11-10(7)16-23-17-11)15-8-4-2-1-3-6(8)13(19)20/h1-5,15H,(H,19,20)/p-1. The van der Waals surface area contributed by atoms with Gasteiger partial charge in [0.2, 0.25) is 5.52 Å². The van der Waals surface area contributed by atoms with Crippen LogP contribution in [0.4, 0.5) is 17.1 Å². The molecular weight excluding hydrogens is 328 g/mol. The molecule has 0 atom stereocenters. The van der Waals surface area contributed by atoms with E-state index in [1.807, 2.05) is 0 Å². The van der Waals surface area contributed by atoms with Crippen LogP contribution in [0.25, 0.3) is 11.0 Å². The summed E-state index contributed by atoms with van der Waals surface area (Å²) in [4.78, 5) is 21.8. The number of para-hydroxylation sites is 1. The van der Waals surface area contributed by atoms with Crippen LogP contribution in [-0.2, 0) is 0 Å². The van der Waals surface area contributed by atoms with Gasteiger partial charge in [0.15, 0.2) is 5.52 Å². The van der Waals surface area contributed by atoms with Crippen LogP contribution in [0.3, 0.4) is 0 Å². The van der Waals surface area contributed by atoms with E-state index in [0.29, 0.717) is 0 Å². The molecule has 0 saturated carbocycles. The van der Waals surface area contributed by atoms with Gasteiger partial charge in [0.1, 0.15) is 5.69 Å². The number of aromatic nitrogens is 2. The number of carbonyl (C=O) groups excluding carboxylic acids is 1. The Labute approximate surface area is 132 Å². The average molecular weight is 334 g/mol. The molecule has 0 saturated heterocycles. The van der Waals surface area contributed by atoms with Crippen molar-refractivity contribution in [2.75, 3.05) is 5.32 Å². The van der Waals surface area contributed by atoms with Gasteiger partial charge in [0.05, 0.1) is 15.9 Å². The Bertz CT molecular complexity index is 939. The summed E-state index contributed by atoms with van der Waals surface area (Å²) in [5.74, 6) is -1.42. The Kier molecular flexibility index (Phi) is 3.54. The molecule has 3 rings (SSSR count). The molecule has 23 heavy (non-hydrogen) atoms. The Hall–Kier alpha value is -3.20. The quantitative estimate of drug-likeness (QED) is 0.565. The van der Waals surface area contributed by atoms with Crippen LogP contribution in [-0.4, -0.2) is 21.2 Å². The van der Waals surface area contributed by atoms with Gasteiger partial charge in [0, 0.05) is 11.3 Å². The maximum Gasteiger partial charge on any atom is 0.324 e. The summed E-state index contributed by atoms with van der Waals surface area (Å²) in [5, 5.41) is 32.2. The summed E-state index contributed by atoms with van der Waals surface area (Å²) in [6, 6.07) is 7.06. The number of fused-ring (bicyclic) bond motifs is 1. The third-order valence-corrected chi connectivity index (χ3v) is 3.35. The van der Waals surface area contributed by atoms with E-state index < -0.39 is 16.6 Å². The lowest BCUT2D eigenvalue weighted by Crippen LogP contribution is -2.23. The van der Waals surface area contributed by atoms with Gasteiger partial charge < -0.3 is 15.2 Å². The zero-order chi connectivity index (χ0) is 16.6. The molecule has 0 radical (unpaired) electrons. The lowest BCUT2D eigenvalue weighted by atomic mass is 10.1. The fourth-order valence-electron chi connectivity index (χ4n) is 2.09. The van der Waals surface area contributed by atoms with Crippen molar-refractivity contribution >= 4 is 45.7 Å². The Morgan fingerprint density at radius 2 is 1.91 bits per heavy atom. The van der Waals surface area contributed by atoms with Crippen molar-refractivity contribution in [3.63, 3.8) is 0 Å². The highest BCUT2D eigenvalue weighted by Crippen LogP contribution is 2.38. The third-order valence-electron chi connectivity index (χ3n) is 3.06. The maximum absolute atomic E-state index is 11.3. The number of carboxylic acids is 1. The lowest BCUT2D eigenvalue weighted by Gasteiger charge is -2.13. The molecule has 2 aromatic carbocycles. The van der Waals surface area contributed by atoms with Gasteiger partial charge in [-0.25, -0.2) is 4.63 Å². The monoisotopic (exact) mass is 333 g/mol. The predicted octanol–water partition coefficient (Wildman–Crippen LogP) is 1.89. The highest BCUT2D eigenvalue weighted by atomic mass is 35.5. The molecule has 0 aliphatic heterocycles. The molecule has 0 fully saturated rings. The summed E-state index contributed by atoms with van der Waals surface area (Å²) < 4.78 is 4.48. The first-order valence-corrected chi connectivity index (χ1v) is 6.53. The molecule has 0 unspecified atom stereocenters. The maximum atomic E-state index is 11.3. The van der Waals surface area contributed by atoms with E-state index in [0.717, 1.165) is 0 Å². The number of aromatic carboxylic acids is 1. The summed E-state index contributed by atoms with van der Waals surface area (Å²) in [6.07, 6.45) is 0. The number of nitro groups is 1. The number of rotatable bonds is 4. The molecule has 0 aliphatic rings. The van der Waals surface area contributed by atoms with Gasteiger partial charge in [-0.2, -0.15) is 0 Å². The predicted molar refractivity (Wildman–Crippen MR) is 77.5 cm³/mol. The minimum Gasteiger partial charge on any atom is -0.545 e. The normalized spacial score (nSPS) is 10.7. The number of hydrogen-bond donors (Lipinski definition) is 1. The highest BCUT2D eigenvalue weighted by Gasteiger charge is 2.25. The smallest absolute Gasteiger partial charge is 0.324 e. The Morgan fingerprint density at radius 3 is 2.61 bits per heavy atom. The van der Waals surface area contributed by atoms with E-state index in [1.165, 1.54) is 24.3 Å². The Balaban J connectivity index is 2.19. The lowest BCUT2D eigenvalue weighted by molar-refractivity contribution is -0.382. The number of nitrogens with one attached hydrogen (secondary N) is 1. The molecule has 0 bridgehead atoms. The number of benzene rings is 2. The number of nitro benzene ring substituents is 1. The van der Waals surface area contributed by atoms with Crippen LogP contribution in [0.1, 0.15) is 10.4 Å². The number of carbonyl (C=O) groups is 1. The molecular formula is C13H6ClN4O5-. The van der Waals surface area contributed by atoms with Gasteiger partial charge in [0.25, 0.3) is 0 Å². The molecule has 0 aliphatic carbocycles. The van der Waals surface area contributed by atoms with Crippen LogP contribution < -0.4 is 10.4 Å². The van der Waals surface area contributed by atoms with Gasteiger partial charge in [-0.05, 0) is 22.4 Å². The SMILES string of the molecule is O=C([O-])c1ccccc1Nc1cc(Cl)c2nonc2c1[N+](=O)[O-]. The van der Waals surface area contributed by atoms with Gasteiger partial charge in [-0.3, -0.25) is 10.1 Å². The molecule has 0 amide bonds. The van der Waals surface area contributed by atoms with Crippen LogP contribution in [0, 0.1) is 10.1 Å². The van der Waals surface area contributed by atoms with E-state index in [2.05, 4.69) is 20.3 Å². The van der Waals surface area contributed by atoms with E-state index >= 15 is 0 Å². The third kappa shape index (κ3) is 2.53. The number of anilines is 2. The van der Waals surface area contributed by atoms with Gasteiger partial charge >= 0.3 is 5.69 Å².